The van der Waals surface area contributed by atoms with E-state index in [9.17, 15) is 60.6 Å². The molecule has 4 aromatic rings. The van der Waals surface area contributed by atoms with Gasteiger partial charge in [-0.05, 0) is 196 Å². The van der Waals surface area contributed by atoms with Crippen LogP contribution in [-0.2, 0) is 61.2 Å². The molecule has 2 N–H and O–H groups in total. The van der Waals surface area contributed by atoms with Crippen LogP contribution in [0.1, 0.15) is 188 Å². The van der Waals surface area contributed by atoms with Crippen LogP contribution in [0.4, 0.5) is 4.79 Å². The maximum atomic E-state index is 14.1. The van der Waals surface area contributed by atoms with Crippen molar-refractivity contribution in [3.63, 3.8) is 0 Å². The number of thiol groups is 1. The lowest BCUT2D eigenvalue weighted by Crippen LogP contribution is -2.62. The first kappa shape index (κ1) is 71.3. The Morgan fingerprint density at radius 1 is 0.626 bits per heavy atom. The Balaban J connectivity index is 0.000000179. The number of carbonyl (C=O) groups is 7. The van der Waals surface area contributed by atoms with E-state index >= 15 is 0 Å². The first-order valence-corrected chi connectivity index (χ1v) is 40.3. The number of allylic oxidation sites excluding steroid dienone is 2. The van der Waals surface area contributed by atoms with Crippen molar-refractivity contribution in [2.75, 3.05) is 37.1 Å². The summed E-state index contributed by atoms with van der Waals surface area (Å²) in [5.41, 5.74) is 4.14. The van der Waals surface area contributed by atoms with E-state index in [0.29, 0.717) is 74.3 Å². The summed E-state index contributed by atoms with van der Waals surface area (Å²) in [4.78, 5) is 93.0. The molecule has 6 saturated carbocycles. The minimum atomic E-state index is -3.06. The standard InChI is InChI=1S/C39H49N3O8S2.C36H44N2O7S2/c1-6-33(45)50-39(35(46)51-36(47)41(4)5)14-12-29-28-11-10-26-18-30-25(19-37(26,2)34(28)32(44)20-38(29,39)3)21-40-42(30)27-9-7-8-24(17-27)31(43)16-23-13-15-52(48,49)22-23;1-4-31(41)45-36(33(42)46)12-10-27-26-9-8-24-16-28-23(17-34(24,2)32(26)30(40)18-35(27,36)3)19-37-38(28)25-7-5-6-22(15-25)29(39)14-21-11-13-47(43,44)20-21/h7-9,17-18,21,23,28-29,32,34,44H,6,10-16,19-20,22H2,1-5H3;5-7,15-16,19,21,26-27,30,32,40H,4,8-14,17-18,20H2,1-3H3,(H,42,46)/t23?,28-,29-,32-,34+,37-,38-,39-;21?,26-,27-,30-,32+,34-,35-,36-/m00/s1. The van der Waals surface area contributed by atoms with Gasteiger partial charge in [0.1, 0.15) is 0 Å². The van der Waals surface area contributed by atoms with Crippen molar-refractivity contribution in [1.82, 2.24) is 24.5 Å². The molecule has 14 rings (SSSR count). The first-order valence-electron chi connectivity index (χ1n) is 35.4. The van der Waals surface area contributed by atoms with E-state index < -0.39 is 81.3 Å². The van der Waals surface area contributed by atoms with Gasteiger partial charge in [-0.1, -0.05) is 77.0 Å². The molecule has 16 atom stereocenters. The van der Waals surface area contributed by atoms with Crippen LogP contribution in [0.3, 0.4) is 0 Å². The number of Topliss-reactive ketones (excluding diaryl/α,β-unsaturated/α-hetero) is 2. The largest absolute Gasteiger partial charge is 0.449 e. The summed E-state index contributed by atoms with van der Waals surface area (Å²) in [6.07, 6.45) is 16.0. The van der Waals surface area contributed by atoms with Gasteiger partial charge in [-0.2, -0.15) is 10.2 Å². The Hall–Kier alpha value is -6.05. The molecule has 8 fully saturated rings. The van der Waals surface area contributed by atoms with Gasteiger partial charge in [0.15, 0.2) is 42.4 Å². The van der Waals surface area contributed by atoms with Crippen molar-refractivity contribution < 1.29 is 70.1 Å². The molecule has 1 amide bonds. The topological polar surface area (TPSA) is 286 Å². The molecule has 10 aliphatic rings. The Bertz CT molecular complexity index is 4310. The molecule has 4 heterocycles. The van der Waals surface area contributed by atoms with Gasteiger partial charge in [0.2, 0.25) is 10.2 Å². The number of aromatic nitrogens is 4. The van der Waals surface area contributed by atoms with Crippen LogP contribution in [0, 0.1) is 69.0 Å². The number of esters is 2. The van der Waals surface area contributed by atoms with Crippen molar-refractivity contribution in [3.8, 4) is 11.4 Å². The molecule has 2 aliphatic heterocycles. The fourth-order valence-electron chi connectivity index (χ4n) is 21.1. The van der Waals surface area contributed by atoms with Gasteiger partial charge in [-0.3, -0.25) is 33.6 Å². The van der Waals surface area contributed by atoms with E-state index in [0.717, 1.165) is 66.0 Å². The second-order valence-electron chi connectivity index (χ2n) is 31.6. The molecular weight excluding hydrogens is 1340 g/mol. The summed E-state index contributed by atoms with van der Waals surface area (Å²) in [5.74, 6) is -0.622. The highest BCUT2D eigenvalue weighted by molar-refractivity contribution is 8.26. The molecule has 0 bridgehead atoms. The third-order valence-corrected chi connectivity index (χ3v) is 31.0. The highest BCUT2D eigenvalue weighted by atomic mass is 32.2. The molecule has 2 aromatic carbocycles. The minimum Gasteiger partial charge on any atom is -0.449 e. The molecule has 532 valence electrons. The molecule has 8 aliphatic carbocycles. The van der Waals surface area contributed by atoms with E-state index in [1.54, 1.807) is 40.1 Å². The third kappa shape index (κ3) is 12.1. The predicted octanol–water partition coefficient (Wildman–Crippen LogP) is 10.8. The average molecular weight is 1430 g/mol. The van der Waals surface area contributed by atoms with Gasteiger partial charge < -0.3 is 24.6 Å². The fourth-order valence-corrected chi connectivity index (χ4v) is 26.1. The summed E-state index contributed by atoms with van der Waals surface area (Å²) >= 11 is 4.85. The number of nitrogens with zero attached hydrogens (tertiary/aromatic N) is 5. The van der Waals surface area contributed by atoms with Crippen molar-refractivity contribution in [3.05, 3.63) is 106 Å². The molecule has 0 spiro atoms. The van der Waals surface area contributed by atoms with Crippen LogP contribution in [-0.4, -0.2) is 151 Å². The molecule has 99 heavy (non-hydrogen) atoms. The number of fused-ring (bicyclic) bond motifs is 12. The summed E-state index contributed by atoms with van der Waals surface area (Å²) in [6, 6.07) is 14.8. The maximum Gasteiger partial charge on any atom is 0.306 e. The quantitative estimate of drug-likeness (QED) is 0.0601. The number of benzene rings is 2. The van der Waals surface area contributed by atoms with Gasteiger partial charge in [0.05, 0.1) is 70.4 Å². The molecule has 0 radical (unpaired) electrons. The van der Waals surface area contributed by atoms with Crippen LogP contribution >= 0.6 is 24.4 Å². The Morgan fingerprint density at radius 2 is 1.05 bits per heavy atom. The minimum absolute atomic E-state index is 0.0108. The van der Waals surface area contributed by atoms with Crippen molar-refractivity contribution >= 4 is 95.2 Å². The smallest absolute Gasteiger partial charge is 0.306 e. The number of rotatable bonds is 14. The van der Waals surface area contributed by atoms with Crippen molar-refractivity contribution in [2.45, 2.75) is 181 Å². The van der Waals surface area contributed by atoms with Crippen LogP contribution < -0.4 is 0 Å². The summed E-state index contributed by atoms with van der Waals surface area (Å²) < 4.78 is 63.5. The molecule has 20 nitrogen and oxygen atoms in total. The molecule has 2 aromatic heterocycles. The number of hydrogen-bond acceptors (Lipinski definition) is 18. The number of ketones is 2. The zero-order chi connectivity index (χ0) is 70.9. The fraction of sp³-hybridized carbons (Fsp3) is 0.613. The van der Waals surface area contributed by atoms with Gasteiger partial charge in [-0.15, -0.1) is 12.6 Å². The number of sulfone groups is 2. The number of aliphatic hydroxyl groups excluding tert-OH is 2. The number of amides is 1. The molecule has 2 saturated heterocycles. The lowest BCUT2D eigenvalue weighted by atomic mass is 9.45. The number of hydrogen-bond donors (Lipinski definition) is 3. The van der Waals surface area contributed by atoms with Gasteiger partial charge >= 0.3 is 11.9 Å². The highest BCUT2D eigenvalue weighted by Gasteiger charge is 2.73. The van der Waals surface area contributed by atoms with Gasteiger partial charge in [0.25, 0.3) is 5.24 Å². The Kier molecular flexibility index (Phi) is 18.8. The molecular formula is C75H93N5O15S4. The van der Waals surface area contributed by atoms with Crippen LogP contribution in [0.15, 0.2) is 72.1 Å². The number of ether oxygens (including phenoxy) is 2. The van der Waals surface area contributed by atoms with E-state index in [2.05, 4.69) is 38.6 Å². The van der Waals surface area contributed by atoms with E-state index in [4.69, 9.17) is 19.7 Å². The second-order valence-corrected chi connectivity index (χ2v) is 37.4. The first-order chi connectivity index (χ1) is 46.7. The summed E-state index contributed by atoms with van der Waals surface area (Å²) in [5, 5.41) is 32.4. The van der Waals surface area contributed by atoms with Crippen molar-refractivity contribution in [2.24, 2.45) is 69.0 Å². The van der Waals surface area contributed by atoms with E-state index in [-0.39, 0.29) is 125 Å². The van der Waals surface area contributed by atoms with Crippen LogP contribution in [0.2, 0.25) is 0 Å². The lowest BCUT2D eigenvalue weighted by Gasteiger charge is -2.60. The number of carbonyl (C=O) groups excluding carboxylic acids is 7. The lowest BCUT2D eigenvalue weighted by molar-refractivity contribution is -0.196. The maximum absolute atomic E-state index is 14.1. The monoisotopic (exact) mass is 1430 g/mol. The zero-order valence-corrected chi connectivity index (χ0v) is 61.2. The highest BCUT2D eigenvalue weighted by Crippen LogP contribution is 2.71. The number of thioether (sulfide) groups is 1. The normalized spacial score (nSPS) is 35.5. The van der Waals surface area contributed by atoms with Crippen molar-refractivity contribution in [1.29, 1.82) is 0 Å². The van der Waals surface area contributed by atoms with E-state index in [1.165, 1.54) is 16.0 Å². The van der Waals surface area contributed by atoms with Crippen LogP contribution in [0.25, 0.3) is 23.5 Å². The summed E-state index contributed by atoms with van der Waals surface area (Å²) in [7, 11) is -2.94. The third-order valence-electron chi connectivity index (χ3n) is 25.9. The predicted molar refractivity (Wildman–Crippen MR) is 377 cm³/mol. The average Bonchev–Trinajstić information content (AvgIpc) is 1.62. The van der Waals surface area contributed by atoms with E-state index in [1.807, 2.05) is 72.0 Å². The molecule has 2 unspecified atom stereocenters. The molecule has 24 heteroatoms. The summed E-state index contributed by atoms with van der Waals surface area (Å²) in [6.45, 7) is 11.9. The Labute approximate surface area is 589 Å². The SMILES string of the molecule is CCC(=O)O[C@]1(C(=O)S)CC[C@H]2[C@@H]3CCC4=Cc5c(cnn5-c5cccc(C(=O)CC6CCS(=O)(=O)C6)c5)C[C@]4(C)[C@H]3[C@@H](O)C[C@@]21C.CCC(=O)O[C@]1(C(=O)SC(=O)N(C)C)CC[C@H]2[C@@H]3CCC4=Cc5c(cnn5-c5cccc(C(=O)CC6CCS(=O)(=O)C6)c5)C[C@]4(C)[C@H]3[C@@H](O)C[C@@]21C. The van der Waals surface area contributed by atoms with Gasteiger partial charge in [0, 0.05) is 73.5 Å². The number of aliphatic hydroxyl groups is 2. The Morgan fingerprint density at radius 3 is 1.45 bits per heavy atom. The van der Waals surface area contributed by atoms with Gasteiger partial charge in [-0.25, -0.2) is 26.2 Å². The zero-order valence-electron chi connectivity index (χ0n) is 57.9. The second kappa shape index (κ2) is 26.0. The van der Waals surface area contributed by atoms with Crippen LogP contribution in [0.5, 0.6) is 0 Å².